The molecule has 0 atom stereocenters. The maximum absolute atomic E-state index is 5.74. The minimum absolute atomic E-state index is 0. The van der Waals surface area contributed by atoms with Crippen molar-refractivity contribution in [3.63, 3.8) is 0 Å². The number of halogens is 1. The molecule has 1 aliphatic heterocycles. The molecule has 3 rings (SSSR count). The summed E-state index contributed by atoms with van der Waals surface area (Å²) in [6, 6.07) is 14.5. The molecule has 0 radical (unpaired) electrons. The normalized spacial score (nSPS) is 13.4. The van der Waals surface area contributed by atoms with Crippen LogP contribution in [0.15, 0.2) is 47.5 Å². The van der Waals surface area contributed by atoms with Gasteiger partial charge in [0.2, 0.25) is 0 Å². The second-order valence-electron chi connectivity index (χ2n) is 6.10. The van der Waals surface area contributed by atoms with E-state index in [1.165, 1.54) is 11.1 Å². The van der Waals surface area contributed by atoms with Crippen molar-refractivity contribution in [3.05, 3.63) is 59.2 Å². The van der Waals surface area contributed by atoms with Gasteiger partial charge in [0.25, 0.3) is 0 Å². The highest BCUT2D eigenvalue weighted by Crippen LogP contribution is 2.30. The zero-order chi connectivity index (χ0) is 17.5. The molecule has 2 aromatic rings. The maximum atomic E-state index is 5.74. The Morgan fingerprint density at radius 3 is 2.23 bits per heavy atom. The van der Waals surface area contributed by atoms with Gasteiger partial charge < -0.3 is 20.1 Å². The second kappa shape index (κ2) is 10.3. The lowest BCUT2D eigenvalue weighted by molar-refractivity contribution is 0.297. The van der Waals surface area contributed by atoms with Gasteiger partial charge in [0.1, 0.15) is 0 Å². The maximum Gasteiger partial charge on any atom is 0.191 e. The smallest absolute Gasteiger partial charge is 0.191 e. The lowest BCUT2D eigenvalue weighted by Crippen LogP contribution is -2.36. The fraction of sp³-hybridized carbons (Fsp3) is 0.350. The minimum atomic E-state index is 0. The van der Waals surface area contributed by atoms with Crippen molar-refractivity contribution >= 4 is 29.9 Å². The van der Waals surface area contributed by atoms with Gasteiger partial charge in [0.15, 0.2) is 17.5 Å². The van der Waals surface area contributed by atoms with Gasteiger partial charge in [-0.05, 0) is 30.2 Å². The Balaban J connectivity index is 0.00000243. The Morgan fingerprint density at radius 1 is 0.923 bits per heavy atom. The number of rotatable bonds is 4. The van der Waals surface area contributed by atoms with Crippen LogP contribution in [0.1, 0.15) is 23.1 Å². The molecule has 0 spiro atoms. The van der Waals surface area contributed by atoms with E-state index in [1.54, 1.807) is 7.05 Å². The molecule has 0 bridgehead atoms. The first-order chi connectivity index (χ1) is 12.2. The Morgan fingerprint density at radius 2 is 1.54 bits per heavy atom. The van der Waals surface area contributed by atoms with Crippen molar-refractivity contribution < 1.29 is 9.47 Å². The van der Waals surface area contributed by atoms with Crippen molar-refractivity contribution in [2.24, 2.45) is 4.99 Å². The van der Waals surface area contributed by atoms with Crippen LogP contribution in [0.4, 0.5) is 0 Å². The van der Waals surface area contributed by atoms with E-state index >= 15 is 0 Å². The minimum Gasteiger partial charge on any atom is -0.490 e. The summed E-state index contributed by atoms with van der Waals surface area (Å²) in [6.45, 7) is 4.90. The quantitative estimate of drug-likeness (QED) is 0.410. The number of ether oxygens (including phenoxy) is 2. The molecule has 0 unspecified atom stereocenters. The monoisotopic (exact) mass is 467 g/mol. The third-order valence-corrected chi connectivity index (χ3v) is 4.08. The van der Waals surface area contributed by atoms with E-state index in [4.69, 9.17) is 9.47 Å². The van der Waals surface area contributed by atoms with Crippen LogP contribution in [0.3, 0.4) is 0 Å². The van der Waals surface area contributed by atoms with Crippen molar-refractivity contribution in [2.75, 3.05) is 20.3 Å². The molecule has 0 amide bonds. The highest BCUT2D eigenvalue weighted by molar-refractivity contribution is 14.0. The molecular weight excluding hydrogens is 441 g/mol. The number of aliphatic imine (C=N–C) groups is 1. The standard InChI is InChI=1S/C20H25N3O2.HI/c1-15-4-6-16(7-5-15)13-22-20(21-2)23-14-17-8-9-18-19(12-17)25-11-3-10-24-18;/h4-9,12H,3,10-11,13-14H2,1-2H3,(H2,21,22,23);1H. The summed E-state index contributed by atoms with van der Waals surface area (Å²) in [4.78, 5) is 4.28. The van der Waals surface area contributed by atoms with E-state index in [2.05, 4.69) is 46.8 Å². The summed E-state index contributed by atoms with van der Waals surface area (Å²) in [5.74, 6) is 2.41. The van der Waals surface area contributed by atoms with Crippen LogP contribution >= 0.6 is 24.0 Å². The van der Waals surface area contributed by atoms with E-state index in [9.17, 15) is 0 Å². The molecule has 140 valence electrons. The van der Waals surface area contributed by atoms with Gasteiger partial charge >= 0.3 is 0 Å². The first-order valence-electron chi connectivity index (χ1n) is 8.63. The average Bonchev–Trinajstić information content (AvgIpc) is 2.88. The second-order valence-corrected chi connectivity index (χ2v) is 6.10. The summed E-state index contributed by atoms with van der Waals surface area (Å²) in [5.41, 5.74) is 3.62. The third kappa shape index (κ3) is 5.79. The number of nitrogens with one attached hydrogen (secondary N) is 2. The van der Waals surface area contributed by atoms with E-state index in [0.717, 1.165) is 36.0 Å². The molecule has 2 N–H and O–H groups in total. The van der Waals surface area contributed by atoms with Gasteiger partial charge in [-0.15, -0.1) is 24.0 Å². The van der Waals surface area contributed by atoms with Crippen LogP contribution in [0, 0.1) is 6.92 Å². The molecule has 0 saturated carbocycles. The number of benzene rings is 2. The predicted octanol–water partition coefficient (Wildman–Crippen LogP) is 3.64. The Bertz CT molecular complexity index is 732. The average molecular weight is 467 g/mol. The molecule has 1 aliphatic rings. The first kappa shape index (κ1) is 20.4. The largest absolute Gasteiger partial charge is 0.490 e. The summed E-state index contributed by atoms with van der Waals surface area (Å²) in [5, 5.41) is 6.66. The van der Waals surface area contributed by atoms with Gasteiger partial charge in [0.05, 0.1) is 13.2 Å². The molecule has 2 aromatic carbocycles. The SMILES string of the molecule is CN=C(NCc1ccc(C)cc1)NCc1ccc2c(c1)OCCCO2.I. The molecule has 0 aliphatic carbocycles. The van der Waals surface area contributed by atoms with E-state index < -0.39 is 0 Å². The number of hydrogen-bond donors (Lipinski definition) is 2. The number of hydrogen-bond acceptors (Lipinski definition) is 3. The van der Waals surface area contributed by atoms with E-state index in [1.807, 2.05) is 18.2 Å². The van der Waals surface area contributed by atoms with E-state index in [0.29, 0.717) is 19.8 Å². The van der Waals surface area contributed by atoms with Crippen molar-refractivity contribution in [3.8, 4) is 11.5 Å². The Labute approximate surface area is 172 Å². The molecule has 6 heteroatoms. The van der Waals surface area contributed by atoms with Gasteiger partial charge in [-0.2, -0.15) is 0 Å². The molecule has 0 fully saturated rings. The van der Waals surface area contributed by atoms with Gasteiger partial charge in [-0.1, -0.05) is 35.9 Å². The van der Waals surface area contributed by atoms with Crippen LogP contribution in [0.2, 0.25) is 0 Å². The number of fused-ring (bicyclic) bond motifs is 1. The zero-order valence-electron chi connectivity index (χ0n) is 15.2. The molecule has 26 heavy (non-hydrogen) atoms. The predicted molar refractivity (Wildman–Crippen MR) is 116 cm³/mol. The van der Waals surface area contributed by atoms with Crippen LogP contribution in [-0.2, 0) is 13.1 Å². The summed E-state index contributed by atoms with van der Waals surface area (Å²) in [6.07, 6.45) is 0.915. The molecule has 0 aromatic heterocycles. The summed E-state index contributed by atoms with van der Waals surface area (Å²) < 4.78 is 11.4. The number of aryl methyl sites for hydroxylation is 1. The van der Waals surface area contributed by atoms with Crippen LogP contribution < -0.4 is 20.1 Å². The Kier molecular flexibility index (Phi) is 8.03. The van der Waals surface area contributed by atoms with Crippen LogP contribution in [0.5, 0.6) is 11.5 Å². The Hall–Kier alpha value is -1.96. The molecule has 5 nitrogen and oxygen atoms in total. The fourth-order valence-corrected chi connectivity index (χ4v) is 2.62. The lowest BCUT2D eigenvalue weighted by atomic mass is 10.1. The number of guanidine groups is 1. The lowest BCUT2D eigenvalue weighted by Gasteiger charge is -2.13. The molecule has 1 heterocycles. The van der Waals surface area contributed by atoms with Crippen molar-refractivity contribution in [2.45, 2.75) is 26.4 Å². The number of nitrogens with zero attached hydrogens (tertiary/aromatic N) is 1. The topological polar surface area (TPSA) is 54.9 Å². The highest BCUT2D eigenvalue weighted by atomic mass is 127. The van der Waals surface area contributed by atoms with Gasteiger partial charge in [-0.25, -0.2) is 0 Å². The fourth-order valence-electron chi connectivity index (χ4n) is 2.62. The molecule has 0 saturated heterocycles. The van der Waals surface area contributed by atoms with Crippen LogP contribution in [0.25, 0.3) is 0 Å². The third-order valence-electron chi connectivity index (χ3n) is 4.08. The summed E-state index contributed by atoms with van der Waals surface area (Å²) >= 11 is 0. The van der Waals surface area contributed by atoms with Gasteiger partial charge in [-0.3, -0.25) is 4.99 Å². The van der Waals surface area contributed by atoms with Crippen LogP contribution in [-0.4, -0.2) is 26.2 Å². The zero-order valence-corrected chi connectivity index (χ0v) is 17.6. The van der Waals surface area contributed by atoms with E-state index in [-0.39, 0.29) is 24.0 Å². The van der Waals surface area contributed by atoms with Crippen molar-refractivity contribution in [1.82, 2.24) is 10.6 Å². The van der Waals surface area contributed by atoms with Gasteiger partial charge in [0, 0.05) is 26.6 Å². The van der Waals surface area contributed by atoms with Crippen molar-refractivity contribution in [1.29, 1.82) is 0 Å². The first-order valence-corrected chi connectivity index (χ1v) is 8.63. The highest BCUT2D eigenvalue weighted by Gasteiger charge is 2.10. The summed E-state index contributed by atoms with van der Waals surface area (Å²) in [7, 11) is 1.78. The molecular formula is C20H26IN3O2.